The van der Waals surface area contributed by atoms with E-state index < -0.39 is 33.6 Å². The standard InChI is InChI=1S/C17H14F3N5O2/c1-3-24(2)13-6-4-12(5-7-13)22-23-16-11(10-21)8-14(25(26)27)9-15(16)17(18,19)20/h4-9H,3H2,1-2H3. The minimum atomic E-state index is -4.93. The molecule has 0 saturated carbocycles. The fourth-order valence-corrected chi connectivity index (χ4v) is 2.20. The van der Waals surface area contributed by atoms with E-state index >= 15 is 0 Å². The highest BCUT2D eigenvalue weighted by Crippen LogP contribution is 2.41. The molecule has 10 heteroatoms. The number of rotatable bonds is 5. The van der Waals surface area contributed by atoms with E-state index in [2.05, 4.69) is 10.2 Å². The third-order valence-electron chi connectivity index (χ3n) is 3.76. The number of alkyl halides is 3. The Bertz CT molecular complexity index is 918. The molecule has 27 heavy (non-hydrogen) atoms. The number of hydrogen-bond donors (Lipinski definition) is 0. The number of hydrogen-bond acceptors (Lipinski definition) is 6. The molecule has 140 valence electrons. The van der Waals surface area contributed by atoms with Crippen molar-refractivity contribution in [1.82, 2.24) is 0 Å². The van der Waals surface area contributed by atoms with Gasteiger partial charge in [-0.25, -0.2) is 0 Å². The van der Waals surface area contributed by atoms with Gasteiger partial charge in [0.25, 0.3) is 5.69 Å². The van der Waals surface area contributed by atoms with E-state index in [1.807, 2.05) is 18.9 Å². The number of nitriles is 1. The average molecular weight is 377 g/mol. The van der Waals surface area contributed by atoms with Gasteiger partial charge in [-0.15, -0.1) is 5.11 Å². The monoisotopic (exact) mass is 377 g/mol. The Morgan fingerprint density at radius 3 is 2.33 bits per heavy atom. The van der Waals surface area contributed by atoms with Crippen LogP contribution in [-0.2, 0) is 6.18 Å². The maximum atomic E-state index is 13.3. The Kier molecular flexibility index (Phi) is 5.75. The van der Waals surface area contributed by atoms with Gasteiger partial charge in [-0.05, 0) is 31.2 Å². The Morgan fingerprint density at radius 2 is 1.85 bits per heavy atom. The second-order valence-electron chi connectivity index (χ2n) is 5.49. The first-order valence-corrected chi connectivity index (χ1v) is 7.70. The van der Waals surface area contributed by atoms with E-state index in [0.29, 0.717) is 6.07 Å². The quantitative estimate of drug-likeness (QED) is 0.398. The summed E-state index contributed by atoms with van der Waals surface area (Å²) < 4.78 is 39.8. The Hall–Kier alpha value is -3.48. The fraction of sp³-hybridized carbons (Fsp3) is 0.235. The number of nitro benzene ring substituents is 1. The van der Waals surface area contributed by atoms with Gasteiger partial charge in [0.2, 0.25) is 0 Å². The molecule has 0 bridgehead atoms. The van der Waals surface area contributed by atoms with Crippen molar-refractivity contribution in [1.29, 1.82) is 5.26 Å². The summed E-state index contributed by atoms with van der Waals surface area (Å²) in [6.45, 7) is 2.73. The predicted octanol–water partition coefficient (Wildman–Crippen LogP) is 5.36. The van der Waals surface area contributed by atoms with Crippen molar-refractivity contribution < 1.29 is 18.1 Å². The lowest BCUT2D eigenvalue weighted by molar-refractivity contribution is -0.385. The summed E-state index contributed by atoms with van der Waals surface area (Å²) in [6, 6.07) is 9.17. The SMILES string of the molecule is CCN(C)c1ccc(N=Nc2c(C#N)cc([N+](=O)[O-])cc2C(F)(F)F)cc1. The van der Waals surface area contributed by atoms with Crippen LogP contribution in [0, 0.1) is 21.4 Å². The smallest absolute Gasteiger partial charge is 0.375 e. The summed E-state index contributed by atoms with van der Waals surface area (Å²) in [5, 5.41) is 27.2. The van der Waals surface area contributed by atoms with Crippen LogP contribution in [0.4, 0.5) is 35.9 Å². The molecule has 0 amide bonds. The average Bonchev–Trinajstić information content (AvgIpc) is 2.64. The molecule has 0 heterocycles. The van der Waals surface area contributed by atoms with Crippen molar-refractivity contribution in [3.05, 3.63) is 57.6 Å². The summed E-state index contributed by atoms with van der Waals surface area (Å²) in [4.78, 5) is 11.8. The first-order chi connectivity index (χ1) is 12.7. The largest absolute Gasteiger partial charge is 0.418 e. The molecule has 2 aromatic rings. The number of benzene rings is 2. The van der Waals surface area contributed by atoms with E-state index in [9.17, 15) is 23.3 Å². The number of anilines is 1. The zero-order chi connectivity index (χ0) is 20.2. The van der Waals surface area contributed by atoms with Crippen molar-refractivity contribution in [2.24, 2.45) is 10.2 Å². The lowest BCUT2D eigenvalue weighted by Crippen LogP contribution is -2.15. The van der Waals surface area contributed by atoms with Crippen LogP contribution in [0.5, 0.6) is 0 Å². The van der Waals surface area contributed by atoms with Crippen molar-refractivity contribution >= 4 is 22.7 Å². The molecule has 0 unspecified atom stereocenters. The van der Waals surface area contributed by atoms with Crippen LogP contribution < -0.4 is 4.90 Å². The summed E-state index contributed by atoms with van der Waals surface area (Å²) in [7, 11) is 1.88. The van der Waals surface area contributed by atoms with Gasteiger partial charge in [0.15, 0.2) is 0 Å². The Balaban J connectivity index is 2.50. The molecule has 0 fully saturated rings. The molecule has 7 nitrogen and oxygen atoms in total. The summed E-state index contributed by atoms with van der Waals surface area (Å²) in [6.07, 6.45) is -4.93. The molecule has 0 radical (unpaired) electrons. The number of azo groups is 1. The van der Waals surface area contributed by atoms with E-state index in [-0.39, 0.29) is 5.69 Å². The summed E-state index contributed by atoms with van der Waals surface area (Å²) >= 11 is 0. The van der Waals surface area contributed by atoms with Gasteiger partial charge in [0, 0.05) is 31.4 Å². The normalized spacial score (nSPS) is 11.4. The van der Waals surface area contributed by atoms with E-state index in [4.69, 9.17) is 5.26 Å². The summed E-state index contributed by atoms with van der Waals surface area (Å²) in [5.41, 5.74) is -2.41. The minimum Gasteiger partial charge on any atom is -0.375 e. The lowest BCUT2D eigenvalue weighted by atomic mass is 10.1. The van der Waals surface area contributed by atoms with Gasteiger partial charge >= 0.3 is 6.18 Å². The maximum absolute atomic E-state index is 13.3. The summed E-state index contributed by atoms with van der Waals surface area (Å²) in [5.74, 6) is 0. The molecular weight excluding hydrogens is 363 g/mol. The van der Waals surface area contributed by atoms with Crippen LogP contribution in [0.3, 0.4) is 0 Å². The molecule has 0 aromatic heterocycles. The van der Waals surface area contributed by atoms with Crippen LogP contribution >= 0.6 is 0 Å². The Labute approximate surface area is 152 Å². The molecule has 2 aromatic carbocycles. The minimum absolute atomic E-state index is 0.277. The molecule has 0 aliphatic carbocycles. The number of halogens is 3. The third kappa shape index (κ3) is 4.58. The zero-order valence-electron chi connectivity index (χ0n) is 14.4. The van der Waals surface area contributed by atoms with Gasteiger partial charge in [0.1, 0.15) is 11.8 Å². The fourth-order valence-electron chi connectivity index (χ4n) is 2.20. The second kappa shape index (κ2) is 7.82. The van der Waals surface area contributed by atoms with Crippen molar-refractivity contribution in [2.75, 3.05) is 18.5 Å². The number of nitro groups is 1. The number of non-ortho nitro benzene ring substituents is 1. The van der Waals surface area contributed by atoms with Crippen molar-refractivity contribution in [3.63, 3.8) is 0 Å². The molecular formula is C17H14F3N5O2. The highest BCUT2D eigenvalue weighted by atomic mass is 19.4. The first-order valence-electron chi connectivity index (χ1n) is 7.70. The molecule has 0 atom stereocenters. The zero-order valence-corrected chi connectivity index (χ0v) is 14.4. The molecule has 0 aliphatic rings. The van der Waals surface area contributed by atoms with Gasteiger partial charge in [-0.1, -0.05) is 0 Å². The van der Waals surface area contributed by atoms with Crippen molar-refractivity contribution in [3.8, 4) is 6.07 Å². The Morgan fingerprint density at radius 1 is 1.22 bits per heavy atom. The second-order valence-corrected chi connectivity index (χ2v) is 5.49. The predicted molar refractivity (Wildman–Crippen MR) is 92.4 cm³/mol. The van der Waals surface area contributed by atoms with Gasteiger partial charge in [-0.3, -0.25) is 10.1 Å². The van der Waals surface area contributed by atoms with E-state index in [0.717, 1.165) is 18.3 Å². The molecule has 0 saturated heterocycles. The molecule has 0 aliphatic heterocycles. The van der Waals surface area contributed by atoms with Crippen LogP contribution in [0.25, 0.3) is 0 Å². The van der Waals surface area contributed by atoms with Crippen molar-refractivity contribution in [2.45, 2.75) is 13.1 Å². The van der Waals surface area contributed by atoms with Gasteiger partial charge in [-0.2, -0.15) is 23.5 Å². The number of nitrogens with zero attached hydrogens (tertiary/aromatic N) is 5. The third-order valence-corrected chi connectivity index (χ3v) is 3.76. The van der Waals surface area contributed by atoms with Gasteiger partial charge in [0.05, 0.1) is 21.7 Å². The van der Waals surface area contributed by atoms with E-state index in [1.54, 1.807) is 24.3 Å². The van der Waals surface area contributed by atoms with Crippen LogP contribution in [-0.4, -0.2) is 18.5 Å². The van der Waals surface area contributed by atoms with Gasteiger partial charge < -0.3 is 4.90 Å². The highest BCUT2D eigenvalue weighted by Gasteiger charge is 2.37. The highest BCUT2D eigenvalue weighted by molar-refractivity contribution is 5.64. The first kappa shape index (κ1) is 19.8. The van der Waals surface area contributed by atoms with Crippen LogP contribution in [0.2, 0.25) is 0 Å². The van der Waals surface area contributed by atoms with Crippen LogP contribution in [0.1, 0.15) is 18.1 Å². The maximum Gasteiger partial charge on any atom is 0.418 e. The molecule has 0 N–H and O–H groups in total. The van der Waals surface area contributed by atoms with Crippen LogP contribution in [0.15, 0.2) is 46.6 Å². The molecule has 0 spiro atoms. The molecule has 2 rings (SSSR count). The van der Waals surface area contributed by atoms with E-state index in [1.165, 1.54) is 6.07 Å². The topological polar surface area (TPSA) is 94.9 Å². The lowest BCUT2D eigenvalue weighted by Gasteiger charge is -2.16.